The van der Waals surface area contributed by atoms with Crippen LogP contribution in [0.15, 0.2) is 0 Å². The molecule has 3 N–H and O–H groups in total. The van der Waals surface area contributed by atoms with Crippen LogP contribution in [0.4, 0.5) is 0 Å². The summed E-state index contributed by atoms with van der Waals surface area (Å²) in [5.74, 6) is 0. The van der Waals surface area contributed by atoms with Gasteiger partial charge in [0.25, 0.3) is 0 Å². The van der Waals surface area contributed by atoms with Gasteiger partial charge in [-0.25, -0.2) is 0 Å². The number of rotatable bonds is 4. The van der Waals surface area contributed by atoms with Crippen LogP contribution in [-0.4, -0.2) is 21.8 Å². The van der Waals surface area contributed by atoms with E-state index in [0.717, 1.165) is 12.8 Å². The van der Waals surface area contributed by atoms with Gasteiger partial charge in [0.1, 0.15) is 0 Å². The molecule has 0 atom stereocenters. The first-order valence-electron chi connectivity index (χ1n) is 3.39. The van der Waals surface area contributed by atoms with Gasteiger partial charge in [-0.3, -0.25) is 0 Å². The maximum atomic E-state index is 8.42. The number of unbranched alkanes of at least 4 members (excludes halogenated alkanes) is 2. The molecule has 3 nitrogen and oxygen atoms in total. The summed E-state index contributed by atoms with van der Waals surface area (Å²) in [5.41, 5.74) is 0. The summed E-state index contributed by atoms with van der Waals surface area (Å²) in [4.78, 5) is 0. The SMILES string of the molecule is CCCCC[B-](O)(O)O.[Na+]. The molecule has 56 valence electrons. The van der Waals surface area contributed by atoms with Crippen LogP contribution in [-0.2, 0) is 0 Å². The summed E-state index contributed by atoms with van der Waals surface area (Å²) in [6.45, 7) is -0.995. The number of hydrogen-bond acceptors (Lipinski definition) is 3. The van der Waals surface area contributed by atoms with E-state index in [9.17, 15) is 0 Å². The van der Waals surface area contributed by atoms with Crippen LogP contribution < -0.4 is 29.6 Å². The third kappa shape index (κ3) is 11.7. The van der Waals surface area contributed by atoms with Crippen LogP contribution in [0.5, 0.6) is 0 Å². The summed E-state index contributed by atoms with van der Waals surface area (Å²) in [5, 5.41) is 25.3. The van der Waals surface area contributed by atoms with Crippen molar-refractivity contribution in [1.29, 1.82) is 0 Å². The van der Waals surface area contributed by atoms with Crippen molar-refractivity contribution in [3.8, 4) is 0 Å². The van der Waals surface area contributed by atoms with E-state index >= 15 is 0 Å². The molecular weight excluding hydrogens is 142 g/mol. The van der Waals surface area contributed by atoms with E-state index in [4.69, 9.17) is 15.1 Å². The molecule has 0 aliphatic heterocycles. The second-order valence-electron chi connectivity index (χ2n) is 2.39. The summed E-state index contributed by atoms with van der Waals surface area (Å²) < 4.78 is 0. The van der Waals surface area contributed by atoms with Gasteiger partial charge in [-0.15, -0.1) is 0 Å². The van der Waals surface area contributed by atoms with Gasteiger partial charge in [-0.2, -0.15) is 0 Å². The van der Waals surface area contributed by atoms with E-state index in [1.54, 1.807) is 0 Å². The van der Waals surface area contributed by atoms with Crippen LogP contribution in [0, 0.1) is 0 Å². The summed E-state index contributed by atoms with van der Waals surface area (Å²) in [6.07, 6.45) is 2.74. The van der Waals surface area contributed by atoms with E-state index in [1.165, 1.54) is 0 Å². The summed E-state index contributed by atoms with van der Waals surface area (Å²) in [6, 6.07) is 0. The van der Waals surface area contributed by atoms with Crippen molar-refractivity contribution < 1.29 is 44.6 Å². The van der Waals surface area contributed by atoms with Crippen molar-refractivity contribution in [3.05, 3.63) is 0 Å². The molecule has 0 rings (SSSR count). The minimum absolute atomic E-state index is 0. The normalized spacial score (nSPS) is 10.8. The molecule has 0 saturated carbocycles. The van der Waals surface area contributed by atoms with Gasteiger partial charge in [-0.05, 0) is 0 Å². The topological polar surface area (TPSA) is 60.7 Å². The van der Waals surface area contributed by atoms with E-state index in [-0.39, 0.29) is 35.9 Å². The molecule has 0 aromatic rings. The fourth-order valence-corrected chi connectivity index (χ4v) is 0.668. The second kappa shape index (κ2) is 6.64. The third-order valence-corrected chi connectivity index (χ3v) is 1.19. The molecule has 5 heteroatoms. The van der Waals surface area contributed by atoms with Gasteiger partial charge in [0.05, 0.1) is 0 Å². The zero-order chi connectivity index (χ0) is 7.33. The van der Waals surface area contributed by atoms with Gasteiger partial charge in [0.2, 0.25) is 0 Å². The van der Waals surface area contributed by atoms with E-state index in [0.29, 0.717) is 6.42 Å². The van der Waals surface area contributed by atoms with Crippen LogP contribution >= 0.6 is 0 Å². The molecule has 0 spiro atoms. The molecule has 0 saturated heterocycles. The molecule has 0 aromatic carbocycles. The average Bonchev–Trinajstić information content (AvgIpc) is 1.63. The zero-order valence-electron chi connectivity index (χ0n) is 6.75. The molecule has 0 bridgehead atoms. The molecule has 0 radical (unpaired) electrons. The molecule has 0 amide bonds. The molecule has 0 fully saturated rings. The molecule has 10 heavy (non-hydrogen) atoms. The Bertz CT molecular complexity index is 73.8. The third-order valence-electron chi connectivity index (χ3n) is 1.19. The Morgan fingerprint density at radius 3 is 1.90 bits per heavy atom. The van der Waals surface area contributed by atoms with Crippen molar-refractivity contribution in [3.63, 3.8) is 0 Å². The van der Waals surface area contributed by atoms with E-state index in [1.807, 2.05) is 6.92 Å². The van der Waals surface area contributed by atoms with Crippen LogP contribution in [0.1, 0.15) is 26.2 Å². The zero-order valence-corrected chi connectivity index (χ0v) is 8.75. The van der Waals surface area contributed by atoms with E-state index < -0.39 is 6.75 Å². The Morgan fingerprint density at radius 2 is 1.60 bits per heavy atom. The quantitative estimate of drug-likeness (QED) is 0.302. The first-order valence-corrected chi connectivity index (χ1v) is 3.39. The Kier molecular flexibility index (Phi) is 8.99. The first kappa shape index (κ1) is 13.5. The standard InChI is InChI=1S/C5H14BO3.Na/c1-2-3-4-5-6(7,8)9;/h7-9H,2-5H2,1H3;/q-1;+1. The molecule has 0 aromatic heterocycles. The minimum Gasteiger partial charge on any atom is -0.560 e. The number of hydrogen-bond donors (Lipinski definition) is 3. The van der Waals surface area contributed by atoms with Crippen molar-refractivity contribution >= 4 is 6.75 Å². The van der Waals surface area contributed by atoms with Gasteiger partial charge >= 0.3 is 36.3 Å². The van der Waals surface area contributed by atoms with Gasteiger partial charge < -0.3 is 15.1 Å². The maximum absolute atomic E-state index is 8.42. The monoisotopic (exact) mass is 156 g/mol. The van der Waals surface area contributed by atoms with Crippen LogP contribution in [0.25, 0.3) is 0 Å². The Morgan fingerprint density at radius 1 is 1.10 bits per heavy atom. The molecule has 0 aliphatic carbocycles. The van der Waals surface area contributed by atoms with Crippen LogP contribution in [0.3, 0.4) is 0 Å². The van der Waals surface area contributed by atoms with Gasteiger partial charge in [-0.1, -0.05) is 32.5 Å². The molecular formula is C5H14BNaO3. The maximum Gasteiger partial charge on any atom is 1.00 e. The van der Waals surface area contributed by atoms with Gasteiger partial charge in [0, 0.05) is 0 Å². The van der Waals surface area contributed by atoms with Crippen LogP contribution in [0.2, 0.25) is 6.32 Å². The van der Waals surface area contributed by atoms with Crippen molar-refractivity contribution in [2.45, 2.75) is 32.5 Å². The molecule has 0 aliphatic rings. The van der Waals surface area contributed by atoms with Crippen molar-refractivity contribution in [2.75, 3.05) is 0 Å². The first-order chi connectivity index (χ1) is 4.06. The van der Waals surface area contributed by atoms with Crippen molar-refractivity contribution in [1.82, 2.24) is 0 Å². The summed E-state index contributed by atoms with van der Waals surface area (Å²) >= 11 is 0. The molecule has 0 heterocycles. The largest absolute Gasteiger partial charge is 1.00 e. The van der Waals surface area contributed by atoms with Crippen molar-refractivity contribution in [2.24, 2.45) is 0 Å². The van der Waals surface area contributed by atoms with E-state index in [2.05, 4.69) is 0 Å². The second-order valence-corrected chi connectivity index (χ2v) is 2.39. The smallest absolute Gasteiger partial charge is 0.560 e. The Labute approximate surface area is 83.8 Å². The predicted molar refractivity (Wildman–Crippen MR) is 36.7 cm³/mol. The fourth-order valence-electron chi connectivity index (χ4n) is 0.668. The predicted octanol–water partition coefficient (Wildman–Crippen LogP) is -2.90. The fraction of sp³-hybridized carbons (Fsp3) is 1.00. The Balaban J connectivity index is 0. The van der Waals surface area contributed by atoms with Gasteiger partial charge in [0.15, 0.2) is 0 Å². The molecule has 0 unspecified atom stereocenters. The minimum atomic E-state index is -3.01. The Hall–Kier alpha value is 0.945. The average molecular weight is 156 g/mol. The summed E-state index contributed by atoms with van der Waals surface area (Å²) in [7, 11) is 0.